The van der Waals surface area contributed by atoms with Gasteiger partial charge in [0.05, 0.1) is 0 Å². The molecule has 0 nitrogen and oxygen atoms in total. The average Bonchev–Trinajstić information content (AvgIpc) is 2.50. The van der Waals surface area contributed by atoms with Crippen LogP contribution in [0.25, 0.3) is 0 Å². The summed E-state index contributed by atoms with van der Waals surface area (Å²) >= 11 is 0. The highest BCUT2D eigenvalue weighted by Gasteiger charge is 2.21. The van der Waals surface area contributed by atoms with Gasteiger partial charge in [0.1, 0.15) is 5.82 Å². The zero-order valence-corrected chi connectivity index (χ0v) is 15.0. The van der Waals surface area contributed by atoms with E-state index < -0.39 is 0 Å². The minimum Gasteiger partial charge on any atom is -0.207 e. The van der Waals surface area contributed by atoms with Gasteiger partial charge in [-0.2, -0.15) is 0 Å². The van der Waals surface area contributed by atoms with E-state index in [4.69, 9.17) is 0 Å². The Hall–Kier alpha value is -1.63. The number of allylic oxidation sites excluding steroid dienone is 4. The van der Waals surface area contributed by atoms with E-state index in [0.717, 1.165) is 28.7 Å². The predicted octanol–water partition coefficient (Wildman–Crippen LogP) is 6.98. The maximum atomic E-state index is 13.5. The van der Waals surface area contributed by atoms with Crippen LogP contribution in [0.2, 0.25) is 0 Å². The first-order valence-electron chi connectivity index (χ1n) is 8.15. The molecule has 0 radical (unpaired) electrons. The molecule has 1 rings (SSSR count). The van der Waals surface area contributed by atoms with Crippen molar-refractivity contribution < 1.29 is 4.39 Å². The van der Waals surface area contributed by atoms with E-state index in [1.54, 1.807) is 6.07 Å². The van der Waals surface area contributed by atoms with E-state index in [2.05, 4.69) is 27.0 Å². The molecule has 1 aromatic rings. The Morgan fingerprint density at radius 1 is 1.23 bits per heavy atom. The number of benzene rings is 1. The number of hydrogen-bond donors (Lipinski definition) is 0. The Balaban J connectivity index is 0.00000211. The van der Waals surface area contributed by atoms with Crippen molar-refractivity contribution in [2.75, 3.05) is 0 Å². The third-order valence-corrected chi connectivity index (χ3v) is 3.85. The van der Waals surface area contributed by atoms with Crippen molar-refractivity contribution in [1.29, 1.82) is 0 Å². The summed E-state index contributed by atoms with van der Waals surface area (Å²) < 4.78 is 13.5. The first kappa shape index (κ1) is 20.4. The van der Waals surface area contributed by atoms with Crippen molar-refractivity contribution in [3.8, 4) is 0 Å². The number of halogens is 1. The summed E-state index contributed by atoms with van der Waals surface area (Å²) in [4.78, 5) is 0. The van der Waals surface area contributed by atoms with Gasteiger partial charge >= 0.3 is 0 Å². The minimum absolute atomic E-state index is 0.167. The van der Waals surface area contributed by atoms with E-state index in [0.29, 0.717) is 0 Å². The summed E-state index contributed by atoms with van der Waals surface area (Å²) in [6.07, 6.45) is 4.96. The van der Waals surface area contributed by atoms with Crippen molar-refractivity contribution in [2.24, 2.45) is 5.92 Å². The van der Waals surface area contributed by atoms with E-state index in [9.17, 15) is 4.39 Å². The van der Waals surface area contributed by atoms with Crippen LogP contribution < -0.4 is 0 Å². The normalized spacial score (nSPS) is 13.2. The Labute approximate surface area is 136 Å². The molecule has 0 amide bonds. The molecule has 0 bridgehead atoms. The van der Waals surface area contributed by atoms with E-state index in [-0.39, 0.29) is 17.7 Å². The van der Waals surface area contributed by atoms with Crippen LogP contribution in [0.4, 0.5) is 4.39 Å². The molecule has 0 saturated carbocycles. The average molecular weight is 302 g/mol. The topological polar surface area (TPSA) is 0 Å². The SMILES string of the molecule is C=C(C)/C=C\C(=C)C(C)C(CC)c1cc(F)ccc1C.CC. The fourth-order valence-electron chi connectivity index (χ4n) is 2.51. The molecule has 122 valence electrons. The molecule has 0 N–H and O–H groups in total. The standard InChI is InChI=1S/C19H25F.C2H6/c1-7-18(16(6)14(4)9-8-13(2)3)19-12-17(20)11-10-15(19)5;1-2/h8-12,16,18H,2,4,7H2,1,3,5-6H3;1-2H3/b9-8-;. The molecule has 1 heteroatoms. The van der Waals surface area contributed by atoms with Gasteiger partial charge in [0.25, 0.3) is 0 Å². The molecule has 0 aliphatic carbocycles. The quantitative estimate of drug-likeness (QED) is 0.497. The van der Waals surface area contributed by atoms with Crippen LogP contribution in [-0.2, 0) is 0 Å². The highest BCUT2D eigenvalue weighted by molar-refractivity contribution is 5.34. The second-order valence-corrected chi connectivity index (χ2v) is 5.56. The van der Waals surface area contributed by atoms with Gasteiger partial charge in [-0.15, -0.1) is 0 Å². The van der Waals surface area contributed by atoms with E-state index >= 15 is 0 Å². The molecule has 0 fully saturated rings. The zero-order chi connectivity index (χ0) is 17.3. The second-order valence-electron chi connectivity index (χ2n) is 5.56. The highest BCUT2D eigenvalue weighted by Crippen LogP contribution is 2.34. The van der Waals surface area contributed by atoms with Crippen LogP contribution in [0.3, 0.4) is 0 Å². The number of rotatable bonds is 6. The van der Waals surface area contributed by atoms with Crippen molar-refractivity contribution in [2.45, 2.75) is 53.9 Å². The Morgan fingerprint density at radius 3 is 2.32 bits per heavy atom. The molecule has 2 atom stereocenters. The molecule has 0 aliphatic heterocycles. The van der Waals surface area contributed by atoms with E-state index in [1.165, 1.54) is 6.07 Å². The van der Waals surface area contributed by atoms with Crippen LogP contribution in [0, 0.1) is 18.7 Å². The van der Waals surface area contributed by atoms with Crippen LogP contribution in [0.15, 0.2) is 54.7 Å². The third kappa shape index (κ3) is 6.01. The lowest BCUT2D eigenvalue weighted by Crippen LogP contribution is -2.12. The fourth-order valence-corrected chi connectivity index (χ4v) is 2.51. The molecule has 0 spiro atoms. The smallest absolute Gasteiger partial charge is 0.123 e. The largest absolute Gasteiger partial charge is 0.207 e. The summed E-state index contributed by atoms with van der Waals surface area (Å²) in [6, 6.07) is 5.04. The van der Waals surface area contributed by atoms with Crippen molar-refractivity contribution in [3.63, 3.8) is 0 Å². The predicted molar refractivity (Wildman–Crippen MR) is 97.8 cm³/mol. The van der Waals surface area contributed by atoms with Gasteiger partial charge in [0, 0.05) is 0 Å². The zero-order valence-electron chi connectivity index (χ0n) is 15.0. The third-order valence-electron chi connectivity index (χ3n) is 3.85. The van der Waals surface area contributed by atoms with Gasteiger partial charge in [0.15, 0.2) is 0 Å². The molecule has 0 saturated heterocycles. The maximum Gasteiger partial charge on any atom is 0.123 e. The first-order chi connectivity index (χ1) is 10.4. The highest BCUT2D eigenvalue weighted by atomic mass is 19.1. The molecular formula is C21H31F. The molecule has 0 aromatic heterocycles. The Bertz CT molecular complexity index is 523. The first-order valence-corrected chi connectivity index (χ1v) is 8.15. The Morgan fingerprint density at radius 2 is 1.82 bits per heavy atom. The summed E-state index contributed by atoms with van der Waals surface area (Å²) in [5.41, 5.74) is 4.29. The monoisotopic (exact) mass is 302 g/mol. The van der Waals surface area contributed by atoms with Gasteiger partial charge in [-0.05, 0) is 55.4 Å². The molecule has 1 aromatic carbocycles. The molecular weight excluding hydrogens is 271 g/mol. The molecule has 22 heavy (non-hydrogen) atoms. The van der Waals surface area contributed by atoms with Crippen LogP contribution >= 0.6 is 0 Å². The van der Waals surface area contributed by atoms with Crippen LogP contribution in [-0.4, -0.2) is 0 Å². The number of aryl methyl sites for hydroxylation is 1. The molecule has 2 unspecified atom stereocenters. The van der Waals surface area contributed by atoms with Gasteiger partial charge in [-0.1, -0.05) is 70.2 Å². The molecule has 0 heterocycles. The minimum atomic E-state index is -0.167. The van der Waals surface area contributed by atoms with Crippen LogP contribution in [0.1, 0.15) is 58.1 Å². The van der Waals surface area contributed by atoms with Gasteiger partial charge in [-0.25, -0.2) is 4.39 Å². The summed E-state index contributed by atoms with van der Waals surface area (Å²) in [7, 11) is 0. The van der Waals surface area contributed by atoms with Gasteiger partial charge < -0.3 is 0 Å². The van der Waals surface area contributed by atoms with Crippen molar-refractivity contribution in [1.82, 2.24) is 0 Å². The lowest BCUT2D eigenvalue weighted by Gasteiger charge is -2.25. The van der Waals surface area contributed by atoms with E-state index in [1.807, 2.05) is 45.9 Å². The summed E-state index contributed by atoms with van der Waals surface area (Å²) in [6.45, 7) is 20.3. The fraction of sp³-hybridized carbons (Fsp3) is 0.429. The lowest BCUT2D eigenvalue weighted by atomic mass is 9.79. The lowest BCUT2D eigenvalue weighted by molar-refractivity contribution is 0.509. The molecule has 0 aliphatic rings. The van der Waals surface area contributed by atoms with Gasteiger partial charge in [-0.3, -0.25) is 0 Å². The Kier molecular flexibility index (Phi) is 9.40. The van der Waals surface area contributed by atoms with Crippen LogP contribution in [0.5, 0.6) is 0 Å². The second kappa shape index (κ2) is 10.2. The number of hydrogen-bond acceptors (Lipinski definition) is 0. The van der Waals surface area contributed by atoms with Gasteiger partial charge in [0.2, 0.25) is 0 Å². The summed E-state index contributed by atoms with van der Waals surface area (Å²) in [5.74, 6) is 0.392. The maximum absolute atomic E-state index is 13.5. The van der Waals surface area contributed by atoms with Crippen molar-refractivity contribution >= 4 is 0 Å². The van der Waals surface area contributed by atoms with Crippen molar-refractivity contribution in [3.05, 3.63) is 71.6 Å². The summed E-state index contributed by atoms with van der Waals surface area (Å²) in [5, 5.41) is 0.